The highest BCUT2D eigenvalue weighted by molar-refractivity contribution is 4.95. The van der Waals surface area contributed by atoms with Gasteiger partial charge in [-0.3, -0.25) is 4.90 Å². The van der Waals surface area contributed by atoms with Gasteiger partial charge in [0.1, 0.15) is 0 Å². The van der Waals surface area contributed by atoms with E-state index in [1.807, 2.05) is 0 Å². The van der Waals surface area contributed by atoms with Gasteiger partial charge in [-0.15, -0.1) is 6.58 Å². The second-order valence-electron chi connectivity index (χ2n) is 4.74. The van der Waals surface area contributed by atoms with Gasteiger partial charge in [-0.2, -0.15) is 0 Å². The summed E-state index contributed by atoms with van der Waals surface area (Å²) in [7, 11) is 0. The van der Waals surface area contributed by atoms with Gasteiger partial charge in [-0.25, -0.2) is 0 Å². The van der Waals surface area contributed by atoms with Crippen LogP contribution in [0, 0.1) is 11.8 Å². The van der Waals surface area contributed by atoms with E-state index < -0.39 is 0 Å². The number of fused-ring (bicyclic) bond motifs is 1. The van der Waals surface area contributed by atoms with Crippen molar-refractivity contribution < 1.29 is 0 Å². The molecule has 2 fully saturated rings. The van der Waals surface area contributed by atoms with Crippen LogP contribution >= 0.6 is 0 Å². The van der Waals surface area contributed by atoms with E-state index in [0.29, 0.717) is 0 Å². The van der Waals surface area contributed by atoms with Crippen LogP contribution in [0.2, 0.25) is 0 Å². The number of nitrogens with zero attached hydrogens (tertiary/aromatic N) is 1. The zero-order valence-corrected chi connectivity index (χ0v) is 8.71. The van der Waals surface area contributed by atoms with Crippen molar-refractivity contribution in [3.8, 4) is 0 Å². The topological polar surface area (TPSA) is 3.24 Å². The lowest BCUT2D eigenvalue weighted by atomic mass is 9.80. The van der Waals surface area contributed by atoms with Gasteiger partial charge in [-0.1, -0.05) is 25.8 Å². The van der Waals surface area contributed by atoms with Crippen molar-refractivity contribution in [1.29, 1.82) is 0 Å². The van der Waals surface area contributed by atoms with Crippen LogP contribution in [0.1, 0.15) is 32.6 Å². The maximum atomic E-state index is 3.85. The maximum absolute atomic E-state index is 3.85. The Morgan fingerprint density at radius 3 is 2.92 bits per heavy atom. The van der Waals surface area contributed by atoms with Crippen LogP contribution in [0.15, 0.2) is 12.7 Å². The smallest absolute Gasteiger partial charge is 0.0163 e. The van der Waals surface area contributed by atoms with Crippen LogP contribution in [-0.4, -0.2) is 24.0 Å². The van der Waals surface area contributed by atoms with Gasteiger partial charge in [-0.05, 0) is 24.7 Å². The van der Waals surface area contributed by atoms with Crippen molar-refractivity contribution in [2.75, 3.05) is 13.1 Å². The van der Waals surface area contributed by atoms with Crippen molar-refractivity contribution in [2.24, 2.45) is 11.8 Å². The number of hydrogen-bond acceptors (Lipinski definition) is 1. The first-order valence-electron chi connectivity index (χ1n) is 5.68. The molecular weight excluding hydrogens is 158 g/mol. The molecule has 0 N–H and O–H groups in total. The average Bonchev–Trinajstić information content (AvgIpc) is 2.46. The summed E-state index contributed by atoms with van der Waals surface area (Å²) in [5.41, 5.74) is 0. The Morgan fingerprint density at radius 2 is 2.15 bits per heavy atom. The van der Waals surface area contributed by atoms with E-state index in [2.05, 4.69) is 24.5 Å². The zero-order chi connectivity index (χ0) is 9.26. The van der Waals surface area contributed by atoms with E-state index >= 15 is 0 Å². The molecular formula is C12H21N. The molecule has 13 heavy (non-hydrogen) atoms. The molecule has 1 aliphatic heterocycles. The van der Waals surface area contributed by atoms with Crippen LogP contribution < -0.4 is 0 Å². The summed E-state index contributed by atoms with van der Waals surface area (Å²) in [5, 5.41) is 0. The second-order valence-corrected chi connectivity index (χ2v) is 4.74. The molecule has 3 unspecified atom stereocenters. The minimum absolute atomic E-state index is 0.891. The monoisotopic (exact) mass is 179 g/mol. The minimum atomic E-state index is 0.891. The third kappa shape index (κ3) is 1.67. The highest BCUT2D eigenvalue weighted by Crippen LogP contribution is 2.39. The summed E-state index contributed by atoms with van der Waals surface area (Å²) < 4.78 is 0. The number of likely N-dealkylation sites (tertiary alicyclic amines) is 1. The van der Waals surface area contributed by atoms with Crippen molar-refractivity contribution >= 4 is 0 Å². The van der Waals surface area contributed by atoms with Crippen molar-refractivity contribution in [3.63, 3.8) is 0 Å². The Kier molecular flexibility index (Phi) is 2.73. The largest absolute Gasteiger partial charge is 0.296 e. The Morgan fingerprint density at radius 1 is 1.38 bits per heavy atom. The molecule has 2 rings (SSSR count). The lowest BCUT2D eigenvalue weighted by Gasteiger charge is -2.31. The summed E-state index contributed by atoms with van der Waals surface area (Å²) >= 11 is 0. The standard InChI is InChI=1S/C12H21N/c1-3-8-13-9-10(2)11-6-4-5-7-12(11)13/h3,10-12H,1,4-9H2,2H3. The molecule has 74 valence electrons. The van der Waals surface area contributed by atoms with E-state index in [1.54, 1.807) is 0 Å². The first-order valence-corrected chi connectivity index (χ1v) is 5.68. The lowest BCUT2D eigenvalue weighted by Crippen LogP contribution is -2.34. The summed E-state index contributed by atoms with van der Waals surface area (Å²) in [6.45, 7) is 8.68. The average molecular weight is 179 g/mol. The minimum Gasteiger partial charge on any atom is -0.296 e. The van der Waals surface area contributed by atoms with Crippen molar-refractivity contribution in [3.05, 3.63) is 12.7 Å². The fourth-order valence-corrected chi connectivity index (χ4v) is 3.27. The molecule has 1 saturated carbocycles. The van der Waals surface area contributed by atoms with E-state index in [0.717, 1.165) is 24.4 Å². The Labute approximate surface area is 81.8 Å². The Bertz CT molecular complexity index is 188. The summed E-state index contributed by atoms with van der Waals surface area (Å²) in [5.74, 6) is 1.92. The van der Waals surface area contributed by atoms with E-state index in [-0.39, 0.29) is 0 Å². The zero-order valence-electron chi connectivity index (χ0n) is 8.71. The molecule has 0 spiro atoms. The molecule has 0 radical (unpaired) electrons. The second kappa shape index (κ2) is 3.83. The molecule has 0 amide bonds. The highest BCUT2D eigenvalue weighted by Gasteiger charge is 2.39. The summed E-state index contributed by atoms with van der Waals surface area (Å²) in [6.07, 6.45) is 7.88. The molecule has 0 aromatic carbocycles. The normalized spacial score (nSPS) is 40.2. The first kappa shape index (κ1) is 9.26. The molecule has 1 nitrogen and oxygen atoms in total. The quantitative estimate of drug-likeness (QED) is 0.589. The molecule has 0 aromatic heterocycles. The molecule has 1 aliphatic carbocycles. The van der Waals surface area contributed by atoms with Gasteiger partial charge in [0, 0.05) is 19.1 Å². The SMILES string of the molecule is C=CCN1CC(C)C2CCCCC21. The predicted octanol–water partition coefficient (Wildman–Crippen LogP) is 2.68. The summed E-state index contributed by atoms with van der Waals surface area (Å²) in [6, 6.07) is 0.891. The van der Waals surface area contributed by atoms with Crippen LogP contribution in [0.5, 0.6) is 0 Å². The first-order chi connectivity index (χ1) is 6.33. The Balaban J connectivity index is 2.03. The van der Waals surface area contributed by atoms with Gasteiger partial charge in [0.05, 0.1) is 0 Å². The molecule has 3 atom stereocenters. The van der Waals surface area contributed by atoms with E-state index in [4.69, 9.17) is 0 Å². The molecule has 1 heterocycles. The van der Waals surface area contributed by atoms with E-state index in [9.17, 15) is 0 Å². The Hall–Kier alpha value is -0.300. The fraction of sp³-hybridized carbons (Fsp3) is 0.833. The van der Waals surface area contributed by atoms with Crippen LogP contribution in [0.25, 0.3) is 0 Å². The molecule has 0 aromatic rings. The van der Waals surface area contributed by atoms with Gasteiger partial charge < -0.3 is 0 Å². The van der Waals surface area contributed by atoms with Gasteiger partial charge in [0.25, 0.3) is 0 Å². The van der Waals surface area contributed by atoms with Crippen molar-refractivity contribution in [2.45, 2.75) is 38.6 Å². The van der Waals surface area contributed by atoms with Crippen LogP contribution in [-0.2, 0) is 0 Å². The highest BCUT2D eigenvalue weighted by atomic mass is 15.2. The van der Waals surface area contributed by atoms with Gasteiger partial charge in [0.2, 0.25) is 0 Å². The van der Waals surface area contributed by atoms with Crippen LogP contribution in [0.4, 0.5) is 0 Å². The van der Waals surface area contributed by atoms with Crippen molar-refractivity contribution in [1.82, 2.24) is 4.90 Å². The third-order valence-electron chi connectivity index (χ3n) is 3.87. The number of rotatable bonds is 2. The molecule has 0 bridgehead atoms. The molecule has 2 aliphatic rings. The van der Waals surface area contributed by atoms with E-state index in [1.165, 1.54) is 32.2 Å². The predicted molar refractivity (Wildman–Crippen MR) is 56.7 cm³/mol. The lowest BCUT2D eigenvalue weighted by molar-refractivity contribution is 0.194. The van der Waals surface area contributed by atoms with Gasteiger partial charge >= 0.3 is 0 Å². The fourth-order valence-electron chi connectivity index (χ4n) is 3.27. The maximum Gasteiger partial charge on any atom is 0.0163 e. The number of hydrogen-bond donors (Lipinski definition) is 0. The molecule has 1 heteroatoms. The summed E-state index contributed by atoms with van der Waals surface area (Å²) in [4.78, 5) is 2.64. The van der Waals surface area contributed by atoms with Crippen LogP contribution in [0.3, 0.4) is 0 Å². The van der Waals surface area contributed by atoms with Gasteiger partial charge in [0.15, 0.2) is 0 Å². The molecule has 1 saturated heterocycles. The third-order valence-corrected chi connectivity index (χ3v) is 3.87.